The third kappa shape index (κ3) is 8.72. The second-order valence-corrected chi connectivity index (χ2v) is 5.56. The van der Waals surface area contributed by atoms with Crippen LogP contribution in [-0.2, 0) is 22.3 Å². The van der Waals surface area contributed by atoms with Crippen molar-refractivity contribution >= 4 is 35.9 Å². The first-order chi connectivity index (χ1) is 11.8. The SMILES string of the molecule is CN=C(NCCCCC(=O)OC)N(C)Cc1ccc(C(F)(F)F)cc1.I. The molecule has 9 heteroatoms. The Hall–Kier alpha value is -1.52. The minimum Gasteiger partial charge on any atom is -0.469 e. The lowest BCUT2D eigenvalue weighted by molar-refractivity contribution is -0.140. The lowest BCUT2D eigenvalue weighted by atomic mass is 10.1. The number of nitrogens with one attached hydrogen (secondary N) is 1. The standard InChI is InChI=1S/C17H24F3N3O2.HI/c1-21-16(22-11-5-4-6-15(24)25-3)23(2)12-13-7-9-14(10-8-13)17(18,19)20;/h7-10H,4-6,11-12H2,1-3H3,(H,21,22);1H. The molecule has 0 heterocycles. The molecule has 1 N–H and O–H groups in total. The monoisotopic (exact) mass is 487 g/mol. The van der Waals surface area contributed by atoms with Crippen molar-refractivity contribution in [3.63, 3.8) is 0 Å². The van der Waals surface area contributed by atoms with E-state index in [9.17, 15) is 18.0 Å². The second-order valence-electron chi connectivity index (χ2n) is 5.56. The Labute approximate surface area is 169 Å². The van der Waals surface area contributed by atoms with Gasteiger partial charge in [0, 0.05) is 33.6 Å². The van der Waals surface area contributed by atoms with E-state index in [0.717, 1.165) is 24.1 Å². The average Bonchev–Trinajstić information content (AvgIpc) is 2.57. The summed E-state index contributed by atoms with van der Waals surface area (Å²) in [5.41, 5.74) is 0.0937. The van der Waals surface area contributed by atoms with Gasteiger partial charge in [0.15, 0.2) is 5.96 Å². The number of benzene rings is 1. The van der Waals surface area contributed by atoms with Gasteiger partial charge in [0.2, 0.25) is 0 Å². The van der Waals surface area contributed by atoms with E-state index in [0.29, 0.717) is 31.9 Å². The Morgan fingerprint density at radius 2 is 1.85 bits per heavy atom. The lowest BCUT2D eigenvalue weighted by Crippen LogP contribution is -2.38. The number of nitrogens with zero attached hydrogens (tertiary/aromatic N) is 2. The molecule has 0 saturated heterocycles. The normalized spacial score (nSPS) is 11.5. The van der Waals surface area contributed by atoms with Crippen LogP contribution in [0.5, 0.6) is 0 Å². The van der Waals surface area contributed by atoms with Gasteiger partial charge in [-0.2, -0.15) is 13.2 Å². The van der Waals surface area contributed by atoms with Gasteiger partial charge in [-0.05, 0) is 30.5 Å². The number of rotatable bonds is 7. The minimum atomic E-state index is -4.33. The number of guanidine groups is 1. The van der Waals surface area contributed by atoms with E-state index in [1.165, 1.54) is 19.2 Å². The van der Waals surface area contributed by atoms with Crippen molar-refractivity contribution in [2.24, 2.45) is 4.99 Å². The molecule has 5 nitrogen and oxygen atoms in total. The topological polar surface area (TPSA) is 53.9 Å². The van der Waals surface area contributed by atoms with Gasteiger partial charge in [-0.3, -0.25) is 9.79 Å². The Balaban J connectivity index is 0.00000625. The highest BCUT2D eigenvalue weighted by Gasteiger charge is 2.29. The molecule has 148 valence electrons. The molecule has 26 heavy (non-hydrogen) atoms. The predicted octanol–water partition coefficient (Wildman–Crippen LogP) is 3.67. The molecule has 0 atom stereocenters. The zero-order chi connectivity index (χ0) is 18.9. The number of hydrogen-bond donors (Lipinski definition) is 1. The Morgan fingerprint density at radius 3 is 2.35 bits per heavy atom. The molecular weight excluding hydrogens is 462 g/mol. The highest BCUT2D eigenvalue weighted by atomic mass is 127. The van der Waals surface area contributed by atoms with E-state index in [2.05, 4.69) is 15.0 Å². The number of methoxy groups -OCH3 is 1. The largest absolute Gasteiger partial charge is 0.469 e. The fourth-order valence-electron chi connectivity index (χ4n) is 2.23. The smallest absolute Gasteiger partial charge is 0.416 e. The maximum Gasteiger partial charge on any atom is 0.416 e. The van der Waals surface area contributed by atoms with E-state index in [1.807, 2.05) is 4.90 Å². The number of alkyl halides is 3. The van der Waals surface area contributed by atoms with Gasteiger partial charge in [-0.15, -0.1) is 24.0 Å². The van der Waals surface area contributed by atoms with Crippen molar-refractivity contribution in [3.05, 3.63) is 35.4 Å². The Kier molecular flexibility index (Phi) is 11.3. The molecule has 0 spiro atoms. The van der Waals surface area contributed by atoms with E-state index in [-0.39, 0.29) is 29.9 Å². The minimum absolute atomic E-state index is 0. The number of halogens is 4. The van der Waals surface area contributed by atoms with Crippen molar-refractivity contribution in [1.82, 2.24) is 10.2 Å². The molecule has 0 aliphatic heterocycles. The molecule has 0 aliphatic carbocycles. The quantitative estimate of drug-likeness (QED) is 0.210. The zero-order valence-corrected chi connectivity index (χ0v) is 17.4. The third-order valence-electron chi connectivity index (χ3n) is 3.59. The summed E-state index contributed by atoms with van der Waals surface area (Å²) < 4.78 is 42.3. The second kappa shape index (κ2) is 12.0. The molecule has 0 aromatic heterocycles. The number of hydrogen-bond acceptors (Lipinski definition) is 3. The van der Waals surface area contributed by atoms with Crippen LogP contribution in [0.25, 0.3) is 0 Å². The van der Waals surface area contributed by atoms with E-state index < -0.39 is 11.7 Å². The Bertz CT molecular complexity index is 578. The van der Waals surface area contributed by atoms with Crippen LogP contribution < -0.4 is 5.32 Å². The third-order valence-corrected chi connectivity index (χ3v) is 3.59. The molecule has 1 aromatic rings. The summed E-state index contributed by atoms with van der Waals surface area (Å²) in [6, 6.07) is 5.07. The molecule has 0 amide bonds. The number of esters is 1. The van der Waals surface area contributed by atoms with E-state index in [1.54, 1.807) is 14.1 Å². The molecule has 0 unspecified atom stereocenters. The van der Waals surface area contributed by atoms with Crippen molar-refractivity contribution in [2.45, 2.75) is 32.0 Å². The number of ether oxygens (including phenoxy) is 1. The number of carbonyl (C=O) groups is 1. The fourth-order valence-corrected chi connectivity index (χ4v) is 2.23. The number of carbonyl (C=O) groups excluding carboxylic acids is 1. The maximum absolute atomic E-state index is 12.6. The van der Waals surface area contributed by atoms with E-state index in [4.69, 9.17) is 0 Å². The van der Waals surface area contributed by atoms with Crippen LogP contribution in [0.4, 0.5) is 13.2 Å². The fraction of sp³-hybridized carbons (Fsp3) is 0.529. The number of aliphatic imine (C=N–C) groups is 1. The first kappa shape index (κ1) is 24.5. The van der Waals surface area contributed by atoms with E-state index >= 15 is 0 Å². The summed E-state index contributed by atoms with van der Waals surface area (Å²) in [5, 5.41) is 3.16. The van der Waals surface area contributed by atoms with Gasteiger partial charge in [0.25, 0.3) is 0 Å². The van der Waals surface area contributed by atoms with Crippen LogP contribution >= 0.6 is 24.0 Å². The molecular formula is C17H25F3IN3O2. The predicted molar refractivity (Wildman–Crippen MR) is 106 cm³/mol. The average molecular weight is 487 g/mol. The maximum atomic E-state index is 12.6. The van der Waals surface area contributed by atoms with Gasteiger partial charge in [0.05, 0.1) is 12.7 Å². The summed E-state index contributed by atoms with van der Waals surface area (Å²) in [4.78, 5) is 17.0. The summed E-state index contributed by atoms with van der Waals surface area (Å²) >= 11 is 0. The van der Waals surface area contributed by atoms with Crippen LogP contribution in [0.3, 0.4) is 0 Å². The number of unbranched alkanes of at least 4 members (excludes halogenated alkanes) is 1. The van der Waals surface area contributed by atoms with Crippen molar-refractivity contribution in [2.75, 3.05) is 27.7 Å². The van der Waals surface area contributed by atoms with Gasteiger partial charge in [-0.1, -0.05) is 12.1 Å². The van der Waals surface area contributed by atoms with Gasteiger partial charge in [0.1, 0.15) is 0 Å². The molecule has 0 fully saturated rings. The lowest BCUT2D eigenvalue weighted by Gasteiger charge is -2.22. The molecule has 0 saturated carbocycles. The van der Waals surface area contributed by atoms with Crippen molar-refractivity contribution in [3.8, 4) is 0 Å². The van der Waals surface area contributed by atoms with Crippen LogP contribution in [0.15, 0.2) is 29.3 Å². The highest BCUT2D eigenvalue weighted by Crippen LogP contribution is 2.29. The van der Waals surface area contributed by atoms with Crippen molar-refractivity contribution < 1.29 is 22.7 Å². The zero-order valence-electron chi connectivity index (χ0n) is 15.1. The van der Waals surface area contributed by atoms with Crippen LogP contribution in [0, 0.1) is 0 Å². The van der Waals surface area contributed by atoms with Gasteiger partial charge in [-0.25, -0.2) is 0 Å². The highest BCUT2D eigenvalue weighted by molar-refractivity contribution is 14.0. The van der Waals surface area contributed by atoms with Crippen LogP contribution in [0.2, 0.25) is 0 Å². The summed E-state index contributed by atoms with van der Waals surface area (Å²) in [6.45, 7) is 1.07. The van der Waals surface area contributed by atoms with Crippen LogP contribution in [0.1, 0.15) is 30.4 Å². The summed E-state index contributed by atoms with van der Waals surface area (Å²) in [7, 11) is 4.81. The first-order valence-electron chi connectivity index (χ1n) is 7.92. The molecule has 0 bridgehead atoms. The van der Waals surface area contributed by atoms with Crippen LogP contribution in [-0.4, -0.2) is 44.6 Å². The molecule has 1 rings (SSSR count). The van der Waals surface area contributed by atoms with Gasteiger partial charge < -0.3 is 15.0 Å². The van der Waals surface area contributed by atoms with Gasteiger partial charge >= 0.3 is 12.1 Å². The Morgan fingerprint density at radius 1 is 1.23 bits per heavy atom. The molecule has 1 aromatic carbocycles. The first-order valence-corrected chi connectivity index (χ1v) is 7.92. The summed E-state index contributed by atoms with van der Waals surface area (Å²) in [5.74, 6) is 0.404. The molecule has 0 aliphatic rings. The summed E-state index contributed by atoms with van der Waals surface area (Å²) in [6.07, 6.45) is -2.47. The van der Waals surface area contributed by atoms with Crippen molar-refractivity contribution in [1.29, 1.82) is 0 Å². The molecule has 0 radical (unpaired) electrons.